The molecule has 7 nitrogen and oxygen atoms in total. The second-order valence-electron chi connectivity index (χ2n) is 8.08. The van der Waals surface area contributed by atoms with Crippen LogP contribution in [0.5, 0.6) is 5.75 Å². The third-order valence-corrected chi connectivity index (χ3v) is 6.11. The smallest absolute Gasteiger partial charge is 0.223 e. The van der Waals surface area contributed by atoms with E-state index in [4.69, 9.17) is 4.74 Å². The van der Waals surface area contributed by atoms with Gasteiger partial charge < -0.3 is 14.6 Å². The number of methoxy groups -OCH3 is 1. The first-order valence-corrected chi connectivity index (χ1v) is 10.9. The highest BCUT2D eigenvalue weighted by Crippen LogP contribution is 2.26. The Morgan fingerprint density at radius 3 is 2.77 bits per heavy atom. The van der Waals surface area contributed by atoms with Crippen molar-refractivity contribution >= 4 is 12.0 Å². The maximum Gasteiger partial charge on any atom is 0.223 e. The second kappa shape index (κ2) is 9.89. The van der Waals surface area contributed by atoms with E-state index in [1.165, 1.54) is 12.0 Å². The van der Waals surface area contributed by atoms with Crippen LogP contribution in [0, 0.1) is 5.92 Å². The third kappa shape index (κ3) is 5.08. The van der Waals surface area contributed by atoms with Crippen LogP contribution >= 0.6 is 0 Å². The molecule has 2 aliphatic rings. The van der Waals surface area contributed by atoms with Crippen molar-refractivity contribution in [3.8, 4) is 5.75 Å². The Hall–Kier alpha value is -2.67. The average Bonchev–Trinajstić information content (AvgIpc) is 2.98. The van der Waals surface area contributed by atoms with Crippen LogP contribution in [0.2, 0.25) is 0 Å². The Bertz CT molecular complexity index is 870. The SMILES string of the molecule is COc1ccc(/C=C/CN2CCc3nnc(CCNC(=O)C4CCC4)n3CC2)cc1. The number of amides is 1. The Kier molecular flexibility index (Phi) is 6.79. The number of hydrogen-bond donors (Lipinski definition) is 1. The van der Waals surface area contributed by atoms with Crippen molar-refractivity contribution in [3.63, 3.8) is 0 Å². The first-order chi connectivity index (χ1) is 14.7. The van der Waals surface area contributed by atoms with Crippen LogP contribution in [-0.2, 0) is 24.2 Å². The van der Waals surface area contributed by atoms with Crippen LogP contribution in [0.4, 0.5) is 0 Å². The van der Waals surface area contributed by atoms with Crippen LogP contribution in [0.15, 0.2) is 30.3 Å². The first-order valence-electron chi connectivity index (χ1n) is 10.9. The largest absolute Gasteiger partial charge is 0.497 e. The van der Waals surface area contributed by atoms with Gasteiger partial charge >= 0.3 is 0 Å². The Balaban J connectivity index is 1.25. The predicted molar refractivity (Wildman–Crippen MR) is 116 cm³/mol. The lowest BCUT2D eigenvalue weighted by molar-refractivity contribution is -0.127. The van der Waals surface area contributed by atoms with Gasteiger partial charge in [0.25, 0.3) is 0 Å². The number of nitrogens with zero attached hydrogens (tertiary/aromatic N) is 4. The predicted octanol–water partition coefficient (Wildman–Crippen LogP) is 2.32. The van der Waals surface area contributed by atoms with Gasteiger partial charge in [-0.05, 0) is 30.5 Å². The minimum Gasteiger partial charge on any atom is -0.497 e. The van der Waals surface area contributed by atoms with Gasteiger partial charge in [0.15, 0.2) is 0 Å². The highest BCUT2D eigenvalue weighted by atomic mass is 16.5. The molecule has 160 valence electrons. The fourth-order valence-electron chi connectivity index (χ4n) is 3.96. The molecule has 7 heteroatoms. The van der Waals surface area contributed by atoms with Gasteiger partial charge in [0, 0.05) is 51.5 Å². The van der Waals surface area contributed by atoms with Crippen molar-refractivity contribution in [1.29, 1.82) is 0 Å². The molecular formula is C23H31N5O2. The van der Waals surface area contributed by atoms with Crippen molar-refractivity contribution in [3.05, 3.63) is 47.6 Å². The molecule has 0 spiro atoms. The molecule has 1 aliphatic heterocycles. The van der Waals surface area contributed by atoms with E-state index in [1.54, 1.807) is 7.11 Å². The standard InChI is InChI=1S/C23H31N5O2/c1-30-20-9-7-18(8-10-20)4-3-14-27-15-12-22-26-25-21(28(22)17-16-27)11-13-24-23(29)19-5-2-6-19/h3-4,7-10,19H,2,5-6,11-17H2,1H3,(H,24,29)/b4-3+. The molecule has 4 rings (SSSR count). The molecule has 0 bridgehead atoms. The first kappa shape index (κ1) is 20.6. The summed E-state index contributed by atoms with van der Waals surface area (Å²) in [4.78, 5) is 14.4. The summed E-state index contributed by atoms with van der Waals surface area (Å²) in [7, 11) is 1.68. The summed E-state index contributed by atoms with van der Waals surface area (Å²) < 4.78 is 7.44. The summed E-state index contributed by atoms with van der Waals surface area (Å²) in [6.45, 7) is 4.40. The van der Waals surface area contributed by atoms with Gasteiger partial charge in [-0.1, -0.05) is 30.7 Å². The second-order valence-corrected chi connectivity index (χ2v) is 8.08. The van der Waals surface area contributed by atoms with Crippen LogP contribution in [-0.4, -0.2) is 58.9 Å². The van der Waals surface area contributed by atoms with E-state index < -0.39 is 0 Å². The van der Waals surface area contributed by atoms with Gasteiger partial charge in [-0.15, -0.1) is 10.2 Å². The molecule has 1 saturated carbocycles. The number of aromatic nitrogens is 3. The number of ether oxygens (including phenoxy) is 1. The lowest BCUT2D eigenvalue weighted by Crippen LogP contribution is -2.35. The molecule has 0 atom stereocenters. The molecule has 1 aromatic heterocycles. The lowest BCUT2D eigenvalue weighted by atomic mass is 9.85. The van der Waals surface area contributed by atoms with Gasteiger partial charge in [0.05, 0.1) is 7.11 Å². The zero-order valence-corrected chi connectivity index (χ0v) is 17.7. The summed E-state index contributed by atoms with van der Waals surface area (Å²) in [6.07, 6.45) is 9.26. The number of benzene rings is 1. The van der Waals surface area contributed by atoms with Gasteiger partial charge in [-0.25, -0.2) is 0 Å². The molecule has 1 amide bonds. The number of rotatable bonds is 8. The summed E-state index contributed by atoms with van der Waals surface area (Å²) in [5, 5.41) is 11.8. The molecule has 1 fully saturated rings. The molecule has 0 radical (unpaired) electrons. The molecule has 0 saturated heterocycles. The number of hydrogen-bond acceptors (Lipinski definition) is 5. The minimum atomic E-state index is 0.201. The summed E-state index contributed by atoms with van der Waals surface area (Å²) >= 11 is 0. The van der Waals surface area contributed by atoms with Crippen molar-refractivity contribution < 1.29 is 9.53 Å². The normalized spacial score (nSPS) is 17.4. The highest BCUT2D eigenvalue weighted by Gasteiger charge is 2.25. The highest BCUT2D eigenvalue weighted by molar-refractivity contribution is 5.79. The molecule has 1 N–H and O–H groups in total. The maximum atomic E-state index is 12.0. The van der Waals surface area contributed by atoms with Gasteiger partial charge in [-0.2, -0.15) is 0 Å². The van der Waals surface area contributed by atoms with Crippen molar-refractivity contribution in [2.75, 3.05) is 33.3 Å². The van der Waals surface area contributed by atoms with E-state index in [-0.39, 0.29) is 11.8 Å². The Morgan fingerprint density at radius 2 is 2.03 bits per heavy atom. The number of fused-ring (bicyclic) bond motifs is 1. The maximum absolute atomic E-state index is 12.0. The molecule has 1 aliphatic carbocycles. The van der Waals surface area contributed by atoms with E-state index in [0.717, 1.165) is 69.3 Å². The Labute approximate surface area is 178 Å². The van der Waals surface area contributed by atoms with E-state index in [0.29, 0.717) is 6.54 Å². The summed E-state index contributed by atoms with van der Waals surface area (Å²) in [5.41, 5.74) is 1.17. The van der Waals surface area contributed by atoms with Gasteiger partial charge in [0.1, 0.15) is 17.4 Å². The van der Waals surface area contributed by atoms with Crippen molar-refractivity contribution in [1.82, 2.24) is 25.0 Å². The molecule has 0 unspecified atom stereocenters. The third-order valence-electron chi connectivity index (χ3n) is 6.11. The van der Waals surface area contributed by atoms with Gasteiger partial charge in [0.2, 0.25) is 5.91 Å². The topological polar surface area (TPSA) is 72.3 Å². The number of carbonyl (C=O) groups is 1. The fraction of sp³-hybridized carbons (Fsp3) is 0.522. The van der Waals surface area contributed by atoms with Crippen molar-refractivity contribution in [2.45, 2.75) is 38.6 Å². The Morgan fingerprint density at radius 1 is 1.20 bits per heavy atom. The van der Waals surface area contributed by atoms with E-state index in [2.05, 4.69) is 49.3 Å². The van der Waals surface area contributed by atoms with Crippen LogP contribution < -0.4 is 10.1 Å². The summed E-state index contributed by atoms with van der Waals surface area (Å²) in [6, 6.07) is 8.09. The molecule has 1 aromatic carbocycles. The lowest BCUT2D eigenvalue weighted by Gasteiger charge is -2.23. The van der Waals surface area contributed by atoms with Crippen LogP contribution in [0.3, 0.4) is 0 Å². The summed E-state index contributed by atoms with van der Waals surface area (Å²) in [5.74, 6) is 3.35. The van der Waals surface area contributed by atoms with E-state index >= 15 is 0 Å². The van der Waals surface area contributed by atoms with Gasteiger partial charge in [-0.3, -0.25) is 9.69 Å². The zero-order valence-electron chi connectivity index (χ0n) is 17.7. The van der Waals surface area contributed by atoms with Crippen LogP contribution in [0.1, 0.15) is 36.5 Å². The molecule has 30 heavy (non-hydrogen) atoms. The van der Waals surface area contributed by atoms with E-state index in [1.807, 2.05) is 12.1 Å². The minimum absolute atomic E-state index is 0.201. The fourth-order valence-corrected chi connectivity index (χ4v) is 3.96. The number of carbonyl (C=O) groups excluding carboxylic acids is 1. The molecular weight excluding hydrogens is 378 g/mol. The van der Waals surface area contributed by atoms with Crippen molar-refractivity contribution in [2.24, 2.45) is 5.92 Å². The monoisotopic (exact) mass is 409 g/mol. The number of nitrogens with one attached hydrogen (secondary N) is 1. The van der Waals surface area contributed by atoms with E-state index in [9.17, 15) is 4.79 Å². The molecule has 2 aromatic rings. The quantitative estimate of drug-likeness (QED) is 0.724. The zero-order chi connectivity index (χ0) is 20.8. The molecule has 2 heterocycles. The average molecular weight is 410 g/mol. The van der Waals surface area contributed by atoms with Crippen LogP contribution in [0.25, 0.3) is 6.08 Å².